The second-order valence-corrected chi connectivity index (χ2v) is 12.2. The van der Waals surface area contributed by atoms with Crippen molar-refractivity contribution in [1.29, 1.82) is 0 Å². The zero-order chi connectivity index (χ0) is 27.6. The Hall–Kier alpha value is -3.35. The fourth-order valence-electron chi connectivity index (χ4n) is 5.75. The molecule has 13 heteroatoms. The second kappa shape index (κ2) is 11.4. The number of benzene rings is 2. The van der Waals surface area contributed by atoms with Crippen LogP contribution in [0.4, 0.5) is 0 Å². The van der Waals surface area contributed by atoms with E-state index >= 15 is 0 Å². The maximum atomic E-state index is 14.2. The van der Waals surface area contributed by atoms with E-state index in [1.54, 1.807) is 29.2 Å². The molecule has 1 saturated carbocycles. The van der Waals surface area contributed by atoms with Crippen molar-refractivity contribution in [3.05, 3.63) is 76.6 Å². The summed E-state index contributed by atoms with van der Waals surface area (Å²) in [5.41, 5.74) is 1.80. The van der Waals surface area contributed by atoms with Gasteiger partial charge >= 0.3 is 0 Å². The monoisotopic (exact) mass is 571 g/mol. The summed E-state index contributed by atoms with van der Waals surface area (Å²) < 4.78 is 27.3. The highest BCUT2D eigenvalue weighted by Gasteiger charge is 2.48. The Labute approximate surface area is 232 Å². The number of nitrogens with zero attached hydrogens (tertiary/aromatic N) is 5. The molecular formula is C26H30ClN7O4S. The molecule has 2 heterocycles. The molecule has 2 aliphatic rings. The highest BCUT2D eigenvalue weighted by molar-refractivity contribution is 7.88. The highest BCUT2D eigenvalue weighted by Crippen LogP contribution is 2.46. The van der Waals surface area contributed by atoms with Gasteiger partial charge in [-0.15, -0.1) is 10.2 Å². The lowest BCUT2D eigenvalue weighted by Crippen LogP contribution is -2.59. The lowest BCUT2D eigenvalue weighted by molar-refractivity contribution is -0.124. The topological polar surface area (TPSA) is 139 Å². The summed E-state index contributed by atoms with van der Waals surface area (Å²) in [5.74, 6) is -1.23. The summed E-state index contributed by atoms with van der Waals surface area (Å²) in [4.78, 5) is 31.2. The molecule has 1 aliphatic heterocycles. The number of hydrogen-bond acceptors (Lipinski definition) is 7. The zero-order valence-electron chi connectivity index (χ0n) is 21.4. The number of carbonyl (C=O) groups is 2. The van der Waals surface area contributed by atoms with E-state index in [0.29, 0.717) is 35.5 Å². The van der Waals surface area contributed by atoms with Crippen molar-refractivity contribution in [2.75, 3.05) is 12.8 Å². The minimum absolute atomic E-state index is 0.228. The van der Waals surface area contributed by atoms with E-state index in [2.05, 4.69) is 25.4 Å². The van der Waals surface area contributed by atoms with Crippen LogP contribution in [0, 0.1) is 0 Å². The van der Waals surface area contributed by atoms with Crippen LogP contribution >= 0.6 is 11.6 Å². The van der Waals surface area contributed by atoms with Crippen molar-refractivity contribution in [1.82, 2.24) is 35.1 Å². The van der Waals surface area contributed by atoms with Crippen LogP contribution in [0.5, 0.6) is 0 Å². The summed E-state index contributed by atoms with van der Waals surface area (Å²) in [6, 6.07) is 12.6. The molecule has 11 nitrogen and oxygen atoms in total. The number of halogens is 1. The van der Waals surface area contributed by atoms with Crippen LogP contribution in [-0.4, -0.2) is 70.2 Å². The van der Waals surface area contributed by atoms with Gasteiger partial charge in [-0.3, -0.25) is 9.59 Å². The SMILES string of the molecule is CS(=O)(=O)N[C@H]1CCCC[C@@H]1N1C(=O)c2ccccc2[C@@H](C(=O)NCCn2ncnn2)[C@@H]1c1ccc(Cl)cc1. The first-order chi connectivity index (χ1) is 18.7. The number of aromatic nitrogens is 4. The number of sulfonamides is 1. The van der Waals surface area contributed by atoms with Gasteiger partial charge in [0.15, 0.2) is 6.33 Å². The number of nitrogens with one attached hydrogen (secondary N) is 2. The highest BCUT2D eigenvalue weighted by atomic mass is 35.5. The van der Waals surface area contributed by atoms with E-state index in [-0.39, 0.29) is 18.4 Å². The minimum Gasteiger partial charge on any atom is -0.354 e. The Bertz CT molecular complexity index is 1430. The van der Waals surface area contributed by atoms with Gasteiger partial charge in [0.05, 0.1) is 24.8 Å². The molecule has 0 unspecified atom stereocenters. The van der Waals surface area contributed by atoms with Gasteiger partial charge in [-0.25, -0.2) is 13.1 Å². The molecule has 1 aliphatic carbocycles. The average molecular weight is 572 g/mol. The van der Waals surface area contributed by atoms with E-state index in [0.717, 1.165) is 24.7 Å². The van der Waals surface area contributed by atoms with E-state index in [1.807, 2.05) is 24.3 Å². The molecule has 0 radical (unpaired) electrons. The van der Waals surface area contributed by atoms with Crippen molar-refractivity contribution in [2.45, 2.75) is 56.3 Å². The fourth-order valence-corrected chi connectivity index (χ4v) is 6.70. The number of rotatable bonds is 8. The van der Waals surface area contributed by atoms with Crippen molar-refractivity contribution in [3.8, 4) is 0 Å². The number of amides is 2. The Kier molecular flexibility index (Phi) is 7.96. The van der Waals surface area contributed by atoms with Crippen LogP contribution in [-0.2, 0) is 21.4 Å². The van der Waals surface area contributed by atoms with Crippen LogP contribution in [0.2, 0.25) is 5.02 Å². The van der Waals surface area contributed by atoms with Crippen LogP contribution < -0.4 is 10.0 Å². The van der Waals surface area contributed by atoms with Gasteiger partial charge < -0.3 is 10.2 Å². The molecule has 2 amide bonds. The average Bonchev–Trinajstić information content (AvgIpc) is 3.42. The Morgan fingerprint density at radius 2 is 1.85 bits per heavy atom. The summed E-state index contributed by atoms with van der Waals surface area (Å²) >= 11 is 6.20. The summed E-state index contributed by atoms with van der Waals surface area (Å²) in [7, 11) is -3.53. The first kappa shape index (κ1) is 27.2. The summed E-state index contributed by atoms with van der Waals surface area (Å²) in [5, 5.41) is 15.0. The third-order valence-electron chi connectivity index (χ3n) is 7.32. The molecule has 0 bridgehead atoms. The minimum atomic E-state index is -3.53. The Morgan fingerprint density at radius 3 is 2.56 bits per heavy atom. The maximum absolute atomic E-state index is 14.2. The fraction of sp³-hybridized carbons (Fsp3) is 0.423. The predicted octanol–water partition coefficient (Wildman–Crippen LogP) is 2.28. The smallest absolute Gasteiger partial charge is 0.255 e. The van der Waals surface area contributed by atoms with Crippen LogP contribution in [0.15, 0.2) is 54.9 Å². The second-order valence-electron chi connectivity index (χ2n) is 9.94. The standard InChI is InChI=1S/C26H30ClN7O4S/c1-39(37,38)31-21-8-4-5-9-22(21)34-24(17-10-12-18(27)13-11-17)23(19-6-2-3-7-20(19)26(34)36)25(35)28-14-15-33-30-16-29-32-33/h2-3,6-7,10-13,16,21-24,31H,4-5,8-9,14-15H2,1H3,(H,28,35)/t21-,22-,23+,24-/m0/s1. The van der Waals surface area contributed by atoms with E-state index in [1.165, 1.54) is 11.1 Å². The molecule has 2 N–H and O–H groups in total. The van der Waals surface area contributed by atoms with Crippen molar-refractivity contribution >= 4 is 33.4 Å². The molecule has 206 valence electrons. The van der Waals surface area contributed by atoms with Crippen LogP contribution in [0.25, 0.3) is 0 Å². The third-order valence-corrected chi connectivity index (χ3v) is 8.31. The lowest BCUT2D eigenvalue weighted by atomic mass is 9.76. The van der Waals surface area contributed by atoms with Gasteiger partial charge in [0, 0.05) is 29.2 Å². The van der Waals surface area contributed by atoms with Crippen molar-refractivity contribution < 1.29 is 18.0 Å². The first-order valence-corrected chi connectivity index (χ1v) is 15.1. The van der Waals surface area contributed by atoms with Gasteiger partial charge in [-0.1, -0.05) is 54.8 Å². The molecule has 1 fully saturated rings. The van der Waals surface area contributed by atoms with Gasteiger partial charge in [0.1, 0.15) is 0 Å². The molecule has 5 rings (SSSR count). The summed E-state index contributed by atoms with van der Waals surface area (Å²) in [6.45, 7) is 0.591. The number of carbonyl (C=O) groups excluding carboxylic acids is 2. The maximum Gasteiger partial charge on any atom is 0.255 e. The molecule has 3 aromatic rings. The molecular weight excluding hydrogens is 542 g/mol. The molecule has 4 atom stereocenters. The van der Waals surface area contributed by atoms with Crippen molar-refractivity contribution in [3.63, 3.8) is 0 Å². The van der Waals surface area contributed by atoms with E-state index in [9.17, 15) is 18.0 Å². The third kappa shape index (κ3) is 5.97. The first-order valence-electron chi connectivity index (χ1n) is 12.9. The molecule has 39 heavy (non-hydrogen) atoms. The predicted molar refractivity (Wildman–Crippen MR) is 144 cm³/mol. The van der Waals surface area contributed by atoms with Gasteiger partial charge in [0.25, 0.3) is 5.91 Å². The Balaban J connectivity index is 1.58. The Morgan fingerprint density at radius 1 is 1.10 bits per heavy atom. The van der Waals surface area contributed by atoms with Gasteiger partial charge in [-0.05, 0) is 47.4 Å². The molecule has 0 spiro atoms. The molecule has 2 aromatic carbocycles. The zero-order valence-corrected chi connectivity index (χ0v) is 23.0. The van der Waals surface area contributed by atoms with Gasteiger partial charge in [-0.2, -0.15) is 4.80 Å². The summed E-state index contributed by atoms with van der Waals surface area (Å²) in [6.07, 6.45) is 5.34. The van der Waals surface area contributed by atoms with E-state index < -0.39 is 34.1 Å². The van der Waals surface area contributed by atoms with Crippen LogP contribution in [0.3, 0.4) is 0 Å². The largest absolute Gasteiger partial charge is 0.354 e. The van der Waals surface area contributed by atoms with Gasteiger partial charge in [0.2, 0.25) is 15.9 Å². The molecule has 0 saturated heterocycles. The number of hydrogen-bond donors (Lipinski definition) is 2. The molecule has 1 aromatic heterocycles. The van der Waals surface area contributed by atoms with Crippen molar-refractivity contribution in [2.24, 2.45) is 0 Å². The van der Waals surface area contributed by atoms with Crippen LogP contribution in [0.1, 0.15) is 59.1 Å². The number of fused-ring (bicyclic) bond motifs is 1. The lowest BCUT2D eigenvalue weighted by Gasteiger charge is -2.49. The quantitative estimate of drug-likeness (QED) is 0.423. The normalized spacial score (nSPS) is 23.3. The van der Waals surface area contributed by atoms with E-state index in [4.69, 9.17) is 11.6 Å². The number of tetrazole rings is 1.